The molecule has 0 saturated heterocycles. The van der Waals surface area contributed by atoms with E-state index in [1.807, 2.05) is 31.2 Å². The Labute approximate surface area is 112 Å². The highest BCUT2D eigenvalue weighted by atomic mass is 16.5. The van der Waals surface area contributed by atoms with Gasteiger partial charge >= 0.3 is 0 Å². The van der Waals surface area contributed by atoms with Gasteiger partial charge in [-0.05, 0) is 37.3 Å². The summed E-state index contributed by atoms with van der Waals surface area (Å²) in [5.41, 5.74) is 12.5. The fourth-order valence-corrected chi connectivity index (χ4v) is 1.76. The lowest BCUT2D eigenvalue weighted by molar-refractivity contribution is 0.100. The zero-order valence-corrected chi connectivity index (χ0v) is 10.7. The monoisotopic (exact) mass is 256 g/mol. The Morgan fingerprint density at radius 1 is 1.11 bits per heavy atom. The van der Waals surface area contributed by atoms with Crippen molar-refractivity contribution in [3.05, 3.63) is 59.7 Å². The molecule has 2 aromatic carbocycles. The van der Waals surface area contributed by atoms with Gasteiger partial charge in [-0.1, -0.05) is 18.2 Å². The highest BCUT2D eigenvalue weighted by Crippen LogP contribution is 2.28. The van der Waals surface area contributed by atoms with Crippen LogP contribution in [0.1, 0.15) is 28.9 Å². The Bertz CT molecular complexity index is 577. The zero-order valence-electron chi connectivity index (χ0n) is 10.7. The maximum Gasteiger partial charge on any atom is 0.248 e. The molecule has 2 rings (SSSR count). The quantitative estimate of drug-likeness (QED) is 0.882. The van der Waals surface area contributed by atoms with Crippen LogP contribution in [0.2, 0.25) is 0 Å². The fraction of sp³-hybridized carbons (Fsp3) is 0.133. The number of primary amides is 1. The van der Waals surface area contributed by atoms with E-state index < -0.39 is 5.91 Å². The Morgan fingerprint density at radius 2 is 1.74 bits per heavy atom. The summed E-state index contributed by atoms with van der Waals surface area (Å²) in [5.74, 6) is 0.893. The second kappa shape index (κ2) is 5.54. The topological polar surface area (TPSA) is 78.3 Å². The molecule has 0 spiro atoms. The number of carbonyl (C=O) groups excluding carboxylic acids is 1. The summed E-state index contributed by atoms with van der Waals surface area (Å²) in [6.07, 6.45) is 0. The third kappa shape index (κ3) is 3.11. The van der Waals surface area contributed by atoms with Crippen LogP contribution in [0.5, 0.6) is 11.5 Å². The van der Waals surface area contributed by atoms with Crippen LogP contribution in [-0.4, -0.2) is 5.91 Å². The second-order valence-corrected chi connectivity index (χ2v) is 4.32. The number of benzene rings is 2. The molecule has 1 atom stereocenters. The molecule has 0 fully saturated rings. The minimum atomic E-state index is -0.456. The normalized spacial score (nSPS) is 11.9. The zero-order chi connectivity index (χ0) is 13.8. The van der Waals surface area contributed by atoms with Crippen molar-refractivity contribution in [2.45, 2.75) is 13.0 Å². The molecule has 0 bridgehead atoms. The molecule has 4 heteroatoms. The van der Waals surface area contributed by atoms with Crippen molar-refractivity contribution < 1.29 is 9.53 Å². The predicted molar refractivity (Wildman–Crippen MR) is 74.1 cm³/mol. The van der Waals surface area contributed by atoms with Crippen molar-refractivity contribution in [1.82, 2.24) is 0 Å². The smallest absolute Gasteiger partial charge is 0.248 e. The van der Waals surface area contributed by atoms with Crippen LogP contribution in [0.25, 0.3) is 0 Å². The lowest BCUT2D eigenvalue weighted by Gasteiger charge is -2.13. The number of rotatable bonds is 4. The van der Waals surface area contributed by atoms with Crippen molar-refractivity contribution in [3.8, 4) is 11.5 Å². The molecule has 0 saturated carbocycles. The maximum absolute atomic E-state index is 11.0. The Morgan fingerprint density at radius 3 is 2.32 bits per heavy atom. The van der Waals surface area contributed by atoms with Crippen molar-refractivity contribution in [2.75, 3.05) is 0 Å². The van der Waals surface area contributed by atoms with Gasteiger partial charge in [0.1, 0.15) is 11.5 Å². The molecule has 4 N–H and O–H groups in total. The van der Waals surface area contributed by atoms with Crippen molar-refractivity contribution in [2.24, 2.45) is 11.5 Å². The molecule has 2 aromatic rings. The lowest BCUT2D eigenvalue weighted by atomic mass is 10.1. The van der Waals surface area contributed by atoms with E-state index in [1.54, 1.807) is 24.3 Å². The summed E-state index contributed by atoms with van der Waals surface area (Å²) >= 11 is 0. The summed E-state index contributed by atoms with van der Waals surface area (Å²) in [6, 6.07) is 14.2. The maximum atomic E-state index is 11.0. The standard InChI is InChI=1S/C15H16N2O2/c1-10(16)13-4-2-3-5-14(13)19-12-8-6-11(7-9-12)15(17)18/h2-10H,16H2,1H3,(H2,17,18). The molecule has 19 heavy (non-hydrogen) atoms. The molecule has 0 aliphatic carbocycles. The van der Waals surface area contributed by atoms with Crippen LogP contribution in [0.15, 0.2) is 48.5 Å². The van der Waals surface area contributed by atoms with Gasteiger partial charge in [0.2, 0.25) is 5.91 Å². The first-order valence-corrected chi connectivity index (χ1v) is 6.00. The van der Waals surface area contributed by atoms with Crippen LogP contribution in [-0.2, 0) is 0 Å². The van der Waals surface area contributed by atoms with Crippen molar-refractivity contribution >= 4 is 5.91 Å². The number of hydrogen-bond donors (Lipinski definition) is 2. The van der Waals surface area contributed by atoms with E-state index in [2.05, 4.69) is 0 Å². The van der Waals surface area contributed by atoms with Crippen LogP contribution >= 0.6 is 0 Å². The average molecular weight is 256 g/mol. The van der Waals surface area contributed by atoms with Gasteiger partial charge in [0.15, 0.2) is 0 Å². The summed E-state index contributed by atoms with van der Waals surface area (Å²) < 4.78 is 5.77. The molecular formula is C15H16N2O2. The van der Waals surface area contributed by atoms with Gasteiger partial charge in [-0.3, -0.25) is 4.79 Å². The third-order valence-electron chi connectivity index (χ3n) is 2.78. The number of nitrogens with two attached hydrogens (primary N) is 2. The van der Waals surface area contributed by atoms with Gasteiger partial charge in [0.25, 0.3) is 0 Å². The third-order valence-corrected chi connectivity index (χ3v) is 2.78. The number of carbonyl (C=O) groups is 1. The predicted octanol–water partition coefficient (Wildman–Crippen LogP) is 2.60. The molecule has 4 nitrogen and oxygen atoms in total. The molecule has 0 aromatic heterocycles. The first-order chi connectivity index (χ1) is 9.08. The minimum Gasteiger partial charge on any atom is -0.457 e. The summed E-state index contributed by atoms with van der Waals surface area (Å²) in [6.45, 7) is 1.90. The first kappa shape index (κ1) is 13.1. The molecular weight excluding hydrogens is 240 g/mol. The van der Waals surface area contributed by atoms with Gasteiger partial charge in [-0.2, -0.15) is 0 Å². The molecule has 0 radical (unpaired) electrons. The summed E-state index contributed by atoms with van der Waals surface area (Å²) in [5, 5.41) is 0. The second-order valence-electron chi connectivity index (χ2n) is 4.32. The number of hydrogen-bond acceptors (Lipinski definition) is 3. The average Bonchev–Trinajstić information content (AvgIpc) is 2.39. The van der Waals surface area contributed by atoms with E-state index in [4.69, 9.17) is 16.2 Å². The van der Waals surface area contributed by atoms with E-state index in [0.717, 1.165) is 5.56 Å². The molecule has 0 aliphatic rings. The van der Waals surface area contributed by atoms with E-state index in [-0.39, 0.29) is 6.04 Å². The number of amides is 1. The van der Waals surface area contributed by atoms with E-state index >= 15 is 0 Å². The lowest BCUT2D eigenvalue weighted by Crippen LogP contribution is -2.10. The Balaban J connectivity index is 2.24. The Kier molecular flexibility index (Phi) is 3.82. The highest BCUT2D eigenvalue weighted by Gasteiger charge is 2.08. The SMILES string of the molecule is CC(N)c1ccccc1Oc1ccc(C(N)=O)cc1. The van der Waals surface area contributed by atoms with E-state index in [0.29, 0.717) is 17.1 Å². The largest absolute Gasteiger partial charge is 0.457 e. The van der Waals surface area contributed by atoms with E-state index in [1.165, 1.54) is 0 Å². The van der Waals surface area contributed by atoms with Crippen LogP contribution in [0.4, 0.5) is 0 Å². The van der Waals surface area contributed by atoms with Gasteiger partial charge < -0.3 is 16.2 Å². The molecule has 0 aliphatic heterocycles. The molecule has 1 amide bonds. The van der Waals surface area contributed by atoms with Crippen LogP contribution in [0, 0.1) is 0 Å². The Hall–Kier alpha value is -2.33. The molecule has 98 valence electrons. The van der Waals surface area contributed by atoms with Gasteiger partial charge in [-0.25, -0.2) is 0 Å². The summed E-state index contributed by atoms with van der Waals surface area (Å²) in [4.78, 5) is 11.0. The number of ether oxygens (including phenoxy) is 1. The van der Waals surface area contributed by atoms with Crippen LogP contribution in [0.3, 0.4) is 0 Å². The fourth-order valence-electron chi connectivity index (χ4n) is 1.76. The van der Waals surface area contributed by atoms with Crippen molar-refractivity contribution in [3.63, 3.8) is 0 Å². The highest BCUT2D eigenvalue weighted by molar-refractivity contribution is 5.92. The van der Waals surface area contributed by atoms with Gasteiger partial charge in [0, 0.05) is 17.2 Å². The molecule has 0 heterocycles. The van der Waals surface area contributed by atoms with Gasteiger partial charge in [-0.15, -0.1) is 0 Å². The molecule has 1 unspecified atom stereocenters. The summed E-state index contributed by atoms with van der Waals surface area (Å²) in [7, 11) is 0. The van der Waals surface area contributed by atoms with Crippen LogP contribution < -0.4 is 16.2 Å². The first-order valence-electron chi connectivity index (χ1n) is 6.00. The van der Waals surface area contributed by atoms with Crippen molar-refractivity contribution in [1.29, 1.82) is 0 Å². The number of para-hydroxylation sites is 1. The minimum absolute atomic E-state index is 0.110. The van der Waals surface area contributed by atoms with Gasteiger partial charge in [0.05, 0.1) is 0 Å². The van der Waals surface area contributed by atoms with E-state index in [9.17, 15) is 4.79 Å².